The molecule has 2 aromatic rings. The number of nitrogens with zero attached hydrogens (tertiary/aromatic N) is 5. The number of hydrogen-bond donors (Lipinski definition) is 2. The van der Waals surface area contributed by atoms with Gasteiger partial charge in [0, 0.05) is 50.9 Å². The van der Waals surface area contributed by atoms with Gasteiger partial charge in [-0.25, -0.2) is 9.98 Å². The normalized spacial score (nSPS) is 15.5. The third kappa shape index (κ3) is 6.69. The molecule has 0 radical (unpaired) electrons. The summed E-state index contributed by atoms with van der Waals surface area (Å²) in [5, 5.41) is 10.9. The molecule has 0 bridgehead atoms. The molecule has 1 fully saturated rings. The van der Waals surface area contributed by atoms with Crippen LogP contribution in [-0.4, -0.2) is 60.8 Å². The monoisotopic (exact) mass is 427 g/mol. The Bertz CT molecular complexity index is 823. The Morgan fingerprint density at radius 3 is 2.61 bits per heavy atom. The summed E-state index contributed by atoms with van der Waals surface area (Å²) in [5.74, 6) is 3.09. The fraction of sp³-hybridized carbons (Fsp3) is 0.609. The fourth-order valence-corrected chi connectivity index (χ4v) is 3.76. The Hall–Kier alpha value is -2.61. The van der Waals surface area contributed by atoms with E-state index in [2.05, 4.69) is 70.5 Å². The van der Waals surface area contributed by atoms with Crippen molar-refractivity contribution in [2.45, 2.75) is 52.6 Å². The third-order valence-corrected chi connectivity index (χ3v) is 5.81. The maximum absolute atomic E-state index is 5.52. The largest absolute Gasteiger partial charge is 0.359 e. The summed E-state index contributed by atoms with van der Waals surface area (Å²) >= 11 is 0. The quantitative estimate of drug-likeness (QED) is 0.470. The maximum Gasteiger partial charge on any atom is 0.191 e. The summed E-state index contributed by atoms with van der Waals surface area (Å²) in [6.45, 7) is 12.5. The van der Waals surface area contributed by atoms with Crippen molar-refractivity contribution in [1.82, 2.24) is 25.7 Å². The average molecular weight is 428 g/mol. The smallest absolute Gasteiger partial charge is 0.191 e. The van der Waals surface area contributed by atoms with Gasteiger partial charge < -0.3 is 25.0 Å². The minimum atomic E-state index is 0.459. The number of anilines is 1. The number of aliphatic imine (C=N–C) groups is 1. The van der Waals surface area contributed by atoms with E-state index in [9.17, 15) is 0 Å². The summed E-state index contributed by atoms with van der Waals surface area (Å²) < 4.78 is 5.52. The van der Waals surface area contributed by atoms with E-state index in [0.29, 0.717) is 19.0 Å². The highest BCUT2D eigenvalue weighted by atomic mass is 16.5. The number of guanidine groups is 1. The zero-order valence-electron chi connectivity index (χ0n) is 19.4. The summed E-state index contributed by atoms with van der Waals surface area (Å²) in [7, 11) is 2.16. The van der Waals surface area contributed by atoms with Crippen LogP contribution < -0.4 is 15.5 Å². The van der Waals surface area contributed by atoms with Gasteiger partial charge in [-0.2, -0.15) is 0 Å². The minimum absolute atomic E-state index is 0.459. The number of pyridine rings is 1. The predicted octanol–water partition coefficient (Wildman–Crippen LogP) is 2.98. The lowest BCUT2D eigenvalue weighted by atomic mass is 9.99. The van der Waals surface area contributed by atoms with Crippen LogP contribution in [-0.2, 0) is 13.1 Å². The molecular formula is C23H37N7O. The number of rotatable bonds is 9. The first kappa shape index (κ1) is 23.1. The van der Waals surface area contributed by atoms with Crippen LogP contribution in [0, 0.1) is 0 Å². The van der Waals surface area contributed by atoms with Crippen LogP contribution in [0.3, 0.4) is 0 Å². The van der Waals surface area contributed by atoms with Crippen molar-refractivity contribution in [2.24, 2.45) is 4.99 Å². The summed E-state index contributed by atoms with van der Waals surface area (Å²) in [5.41, 5.74) is 2.19. The second-order valence-corrected chi connectivity index (χ2v) is 8.09. The highest BCUT2D eigenvalue weighted by Crippen LogP contribution is 2.22. The molecule has 8 heteroatoms. The molecule has 0 aromatic carbocycles. The summed E-state index contributed by atoms with van der Waals surface area (Å²) in [6.07, 6.45) is 4.02. The molecule has 0 unspecified atom stereocenters. The molecule has 2 aromatic heterocycles. The van der Waals surface area contributed by atoms with E-state index in [1.165, 1.54) is 0 Å². The highest BCUT2D eigenvalue weighted by molar-refractivity contribution is 5.79. The second kappa shape index (κ2) is 11.7. The molecule has 2 N–H and O–H groups in total. The molecule has 3 rings (SSSR count). The Morgan fingerprint density at radius 1 is 1.13 bits per heavy atom. The molecule has 0 saturated carbocycles. The van der Waals surface area contributed by atoms with Gasteiger partial charge >= 0.3 is 0 Å². The second-order valence-electron chi connectivity index (χ2n) is 8.09. The Balaban J connectivity index is 1.59. The van der Waals surface area contributed by atoms with Crippen LogP contribution >= 0.6 is 0 Å². The highest BCUT2D eigenvalue weighted by Gasteiger charge is 2.16. The first-order valence-electron chi connectivity index (χ1n) is 11.5. The molecule has 0 aliphatic carbocycles. The van der Waals surface area contributed by atoms with Crippen molar-refractivity contribution in [3.8, 4) is 0 Å². The zero-order valence-corrected chi connectivity index (χ0v) is 19.4. The van der Waals surface area contributed by atoms with Gasteiger partial charge in [0.05, 0.1) is 18.8 Å². The molecule has 1 aliphatic rings. The van der Waals surface area contributed by atoms with Crippen molar-refractivity contribution in [3.05, 3.63) is 41.4 Å². The first-order valence-corrected chi connectivity index (χ1v) is 11.5. The average Bonchev–Trinajstić information content (AvgIpc) is 3.26. The number of hydrogen-bond acceptors (Lipinski definition) is 6. The van der Waals surface area contributed by atoms with Gasteiger partial charge in [-0.3, -0.25) is 0 Å². The van der Waals surface area contributed by atoms with Gasteiger partial charge in [0.1, 0.15) is 5.82 Å². The van der Waals surface area contributed by atoms with E-state index in [-0.39, 0.29) is 0 Å². The van der Waals surface area contributed by atoms with E-state index in [1.807, 2.05) is 12.3 Å². The number of piperazine rings is 1. The first-order chi connectivity index (χ1) is 15.1. The molecule has 0 amide bonds. The Morgan fingerprint density at radius 2 is 1.90 bits per heavy atom. The number of likely N-dealkylation sites (N-methyl/N-ethyl adjacent to an activating group) is 1. The van der Waals surface area contributed by atoms with Crippen molar-refractivity contribution in [2.75, 3.05) is 44.7 Å². The standard InChI is InChI=1S/C23H37N7O/c1-5-19(6-2)21-15-20(31-28-21)17-27-23(24-7-3)26-16-18-8-9-25-22(14-18)30-12-10-29(4)11-13-30/h8-9,14-15,19H,5-7,10-13,16-17H2,1-4H3,(H2,24,26,27). The van der Waals surface area contributed by atoms with Crippen LogP contribution in [0.2, 0.25) is 0 Å². The van der Waals surface area contributed by atoms with Crippen molar-refractivity contribution in [3.63, 3.8) is 0 Å². The minimum Gasteiger partial charge on any atom is -0.359 e. The third-order valence-electron chi connectivity index (χ3n) is 5.81. The van der Waals surface area contributed by atoms with Crippen LogP contribution in [0.1, 0.15) is 56.5 Å². The van der Waals surface area contributed by atoms with E-state index < -0.39 is 0 Å². The SMILES string of the molecule is CCNC(=NCc1ccnc(N2CCN(C)CC2)c1)NCc1cc(C(CC)CC)no1. The molecule has 170 valence electrons. The van der Waals surface area contributed by atoms with E-state index >= 15 is 0 Å². The molecule has 3 heterocycles. The molecule has 1 aliphatic heterocycles. The lowest BCUT2D eigenvalue weighted by Gasteiger charge is -2.33. The molecule has 0 spiro atoms. The predicted molar refractivity (Wildman–Crippen MR) is 125 cm³/mol. The van der Waals surface area contributed by atoms with E-state index in [1.54, 1.807) is 0 Å². The van der Waals surface area contributed by atoms with Gasteiger partial charge in [-0.15, -0.1) is 0 Å². The van der Waals surface area contributed by atoms with Crippen LogP contribution in [0.25, 0.3) is 0 Å². The topological polar surface area (TPSA) is 81.8 Å². The van der Waals surface area contributed by atoms with Gasteiger partial charge in [0.25, 0.3) is 0 Å². The van der Waals surface area contributed by atoms with Gasteiger partial charge in [-0.1, -0.05) is 19.0 Å². The van der Waals surface area contributed by atoms with Crippen molar-refractivity contribution in [1.29, 1.82) is 0 Å². The molecule has 31 heavy (non-hydrogen) atoms. The van der Waals surface area contributed by atoms with Crippen molar-refractivity contribution < 1.29 is 4.52 Å². The van der Waals surface area contributed by atoms with Gasteiger partial charge in [0.15, 0.2) is 11.7 Å². The van der Waals surface area contributed by atoms with E-state index in [0.717, 1.165) is 74.4 Å². The Kier molecular flexibility index (Phi) is 8.70. The molecular weight excluding hydrogens is 390 g/mol. The fourth-order valence-electron chi connectivity index (χ4n) is 3.76. The molecule has 8 nitrogen and oxygen atoms in total. The summed E-state index contributed by atoms with van der Waals surface area (Å²) in [6, 6.07) is 6.24. The maximum atomic E-state index is 5.52. The number of aromatic nitrogens is 2. The lowest BCUT2D eigenvalue weighted by molar-refractivity contribution is 0.312. The van der Waals surface area contributed by atoms with Crippen LogP contribution in [0.4, 0.5) is 5.82 Å². The van der Waals surface area contributed by atoms with Crippen molar-refractivity contribution >= 4 is 11.8 Å². The number of nitrogens with one attached hydrogen (secondary N) is 2. The van der Waals surface area contributed by atoms with Gasteiger partial charge in [0.2, 0.25) is 0 Å². The summed E-state index contributed by atoms with van der Waals surface area (Å²) in [4.78, 5) is 14.0. The zero-order chi connectivity index (χ0) is 22.1. The molecule has 1 saturated heterocycles. The van der Waals surface area contributed by atoms with Crippen LogP contribution in [0.5, 0.6) is 0 Å². The Labute approximate surface area is 186 Å². The van der Waals surface area contributed by atoms with E-state index in [4.69, 9.17) is 9.52 Å². The van der Waals surface area contributed by atoms with Crippen LogP contribution in [0.15, 0.2) is 33.9 Å². The lowest BCUT2D eigenvalue weighted by Crippen LogP contribution is -2.44. The molecule has 0 atom stereocenters. The van der Waals surface area contributed by atoms with Gasteiger partial charge in [-0.05, 0) is 44.5 Å².